The molecule has 1 unspecified atom stereocenters. The highest BCUT2D eigenvalue weighted by molar-refractivity contribution is 14.0. The monoisotopic (exact) mass is 522 g/mol. The molecule has 164 valence electrons. The van der Waals surface area contributed by atoms with Crippen LogP contribution in [0.3, 0.4) is 0 Å². The summed E-state index contributed by atoms with van der Waals surface area (Å²) in [5.74, 6) is 1.29. The van der Waals surface area contributed by atoms with Crippen molar-refractivity contribution in [1.82, 2.24) is 10.6 Å². The van der Waals surface area contributed by atoms with E-state index in [4.69, 9.17) is 9.73 Å². The normalized spacial score (nSPS) is 15.3. The Morgan fingerprint density at radius 3 is 2.33 bits per heavy atom. The number of nitrogens with one attached hydrogen (secondary N) is 2. The highest BCUT2D eigenvalue weighted by Crippen LogP contribution is 2.17. The maximum absolute atomic E-state index is 5.43. The van der Waals surface area contributed by atoms with Crippen LogP contribution in [0.5, 0.6) is 0 Å². The molecule has 6 heteroatoms. The molecule has 1 aliphatic rings. The first kappa shape index (κ1) is 24.5. The molecule has 0 aliphatic carbocycles. The quantitative estimate of drug-likeness (QED) is 0.324. The van der Waals surface area contributed by atoms with Gasteiger partial charge in [-0.05, 0) is 43.0 Å². The Hall–Kier alpha value is -1.80. The molecule has 1 aliphatic heterocycles. The Bertz CT molecular complexity index is 771. The van der Waals surface area contributed by atoms with E-state index in [1.807, 2.05) is 0 Å². The first-order chi connectivity index (χ1) is 14.2. The number of aryl methyl sites for hydroxylation is 1. The molecule has 1 atom stereocenters. The highest BCUT2D eigenvalue weighted by atomic mass is 127. The molecule has 1 fully saturated rings. The zero-order valence-electron chi connectivity index (χ0n) is 18.4. The van der Waals surface area contributed by atoms with Crippen molar-refractivity contribution in [3.8, 4) is 0 Å². The summed E-state index contributed by atoms with van der Waals surface area (Å²) in [6.45, 7) is 12.4. The lowest BCUT2D eigenvalue weighted by atomic mass is 10.0. The second-order valence-electron chi connectivity index (χ2n) is 7.65. The second kappa shape index (κ2) is 12.8. The average Bonchev–Trinajstić information content (AvgIpc) is 2.77. The van der Waals surface area contributed by atoms with Crippen LogP contribution in [-0.4, -0.2) is 45.4 Å². The van der Waals surface area contributed by atoms with Crippen LogP contribution in [0, 0.1) is 6.92 Å². The largest absolute Gasteiger partial charge is 0.378 e. The number of hydrogen-bond donors (Lipinski definition) is 2. The van der Waals surface area contributed by atoms with Gasteiger partial charge in [0.05, 0.1) is 19.8 Å². The standard InChI is InChI=1S/C24H34N4O.HI/c1-4-25-24(26-17-20(3)22-9-5-19(2)6-10-22)27-18-21-7-11-23(12-8-21)28-13-15-29-16-14-28;/h5-12,20H,4,13-18H2,1-3H3,(H2,25,26,27);1H. The summed E-state index contributed by atoms with van der Waals surface area (Å²) in [4.78, 5) is 7.14. The Morgan fingerprint density at radius 1 is 1.03 bits per heavy atom. The Balaban J connectivity index is 0.00000320. The SMILES string of the molecule is CCNC(=NCc1ccc(N2CCOCC2)cc1)NCC(C)c1ccc(C)cc1.I. The third-order valence-electron chi connectivity index (χ3n) is 5.30. The molecule has 1 saturated heterocycles. The Kier molecular flexibility index (Phi) is 10.4. The lowest BCUT2D eigenvalue weighted by Crippen LogP contribution is -2.39. The Labute approximate surface area is 198 Å². The summed E-state index contributed by atoms with van der Waals surface area (Å²) < 4.78 is 5.43. The third-order valence-corrected chi connectivity index (χ3v) is 5.30. The Morgan fingerprint density at radius 2 is 1.70 bits per heavy atom. The summed E-state index contributed by atoms with van der Waals surface area (Å²) in [6.07, 6.45) is 0. The number of nitrogens with zero attached hydrogens (tertiary/aromatic N) is 2. The van der Waals surface area contributed by atoms with Gasteiger partial charge in [-0.1, -0.05) is 48.9 Å². The van der Waals surface area contributed by atoms with Crippen LogP contribution in [0.25, 0.3) is 0 Å². The van der Waals surface area contributed by atoms with Crippen LogP contribution in [0.2, 0.25) is 0 Å². The van der Waals surface area contributed by atoms with Crippen molar-refractivity contribution in [2.75, 3.05) is 44.3 Å². The predicted octanol–water partition coefficient (Wildman–Crippen LogP) is 4.31. The smallest absolute Gasteiger partial charge is 0.191 e. The summed E-state index contributed by atoms with van der Waals surface area (Å²) >= 11 is 0. The van der Waals surface area contributed by atoms with Crippen molar-refractivity contribution < 1.29 is 4.74 Å². The maximum Gasteiger partial charge on any atom is 0.191 e. The van der Waals surface area contributed by atoms with E-state index < -0.39 is 0 Å². The summed E-state index contributed by atoms with van der Waals surface area (Å²) in [6, 6.07) is 17.5. The van der Waals surface area contributed by atoms with Gasteiger partial charge in [-0.2, -0.15) is 0 Å². The fourth-order valence-electron chi connectivity index (χ4n) is 3.41. The van der Waals surface area contributed by atoms with Gasteiger partial charge in [-0.25, -0.2) is 4.99 Å². The van der Waals surface area contributed by atoms with Crippen LogP contribution in [0.4, 0.5) is 5.69 Å². The molecular weight excluding hydrogens is 487 g/mol. The van der Waals surface area contributed by atoms with E-state index in [0.29, 0.717) is 12.5 Å². The first-order valence-corrected chi connectivity index (χ1v) is 10.7. The van der Waals surface area contributed by atoms with Gasteiger partial charge >= 0.3 is 0 Å². The van der Waals surface area contributed by atoms with Gasteiger partial charge in [0.1, 0.15) is 0 Å². The lowest BCUT2D eigenvalue weighted by Gasteiger charge is -2.28. The molecule has 5 nitrogen and oxygen atoms in total. The number of ether oxygens (including phenoxy) is 1. The molecule has 0 spiro atoms. The molecule has 0 aromatic heterocycles. The summed E-state index contributed by atoms with van der Waals surface area (Å²) in [5.41, 5.74) is 5.12. The van der Waals surface area contributed by atoms with Gasteiger partial charge < -0.3 is 20.3 Å². The number of halogens is 1. The van der Waals surface area contributed by atoms with Crippen LogP contribution in [0.15, 0.2) is 53.5 Å². The number of benzene rings is 2. The number of rotatable bonds is 7. The number of guanidine groups is 1. The minimum atomic E-state index is 0. The minimum Gasteiger partial charge on any atom is -0.378 e. The summed E-state index contributed by atoms with van der Waals surface area (Å²) in [7, 11) is 0. The molecule has 0 bridgehead atoms. The molecule has 2 aromatic rings. The summed E-state index contributed by atoms with van der Waals surface area (Å²) in [5, 5.41) is 6.83. The topological polar surface area (TPSA) is 48.9 Å². The van der Waals surface area contributed by atoms with Gasteiger partial charge in [-0.15, -0.1) is 24.0 Å². The van der Waals surface area contributed by atoms with Crippen molar-refractivity contribution in [2.45, 2.75) is 33.2 Å². The maximum atomic E-state index is 5.43. The molecule has 0 saturated carbocycles. The van der Waals surface area contributed by atoms with Crippen molar-refractivity contribution in [3.63, 3.8) is 0 Å². The van der Waals surface area contributed by atoms with Gasteiger partial charge in [0.15, 0.2) is 5.96 Å². The molecule has 1 heterocycles. The van der Waals surface area contributed by atoms with E-state index in [0.717, 1.165) is 45.4 Å². The molecule has 30 heavy (non-hydrogen) atoms. The highest BCUT2D eigenvalue weighted by Gasteiger charge is 2.11. The number of aliphatic imine (C=N–C) groups is 1. The number of anilines is 1. The van der Waals surface area contributed by atoms with Crippen molar-refractivity contribution >= 4 is 35.6 Å². The van der Waals surface area contributed by atoms with Gasteiger partial charge in [0, 0.05) is 31.9 Å². The van der Waals surface area contributed by atoms with Crippen LogP contribution in [-0.2, 0) is 11.3 Å². The lowest BCUT2D eigenvalue weighted by molar-refractivity contribution is 0.122. The number of hydrogen-bond acceptors (Lipinski definition) is 3. The van der Waals surface area contributed by atoms with Crippen LogP contribution < -0.4 is 15.5 Å². The molecule has 0 amide bonds. The second-order valence-corrected chi connectivity index (χ2v) is 7.65. The third kappa shape index (κ3) is 7.47. The van der Waals surface area contributed by atoms with Gasteiger partial charge in [0.25, 0.3) is 0 Å². The number of morpholine rings is 1. The molecule has 3 rings (SSSR count). The zero-order valence-corrected chi connectivity index (χ0v) is 20.7. The first-order valence-electron chi connectivity index (χ1n) is 10.7. The predicted molar refractivity (Wildman–Crippen MR) is 137 cm³/mol. The van der Waals surface area contributed by atoms with Crippen LogP contribution >= 0.6 is 24.0 Å². The minimum absolute atomic E-state index is 0. The van der Waals surface area contributed by atoms with Crippen LogP contribution in [0.1, 0.15) is 36.5 Å². The van der Waals surface area contributed by atoms with E-state index >= 15 is 0 Å². The molecule has 2 N–H and O–H groups in total. The van der Waals surface area contributed by atoms with Crippen molar-refractivity contribution in [3.05, 3.63) is 65.2 Å². The van der Waals surface area contributed by atoms with E-state index in [2.05, 4.69) is 84.8 Å². The van der Waals surface area contributed by atoms with Crippen molar-refractivity contribution in [1.29, 1.82) is 0 Å². The molecular formula is C24H35IN4O. The van der Waals surface area contributed by atoms with Gasteiger partial charge in [-0.3, -0.25) is 0 Å². The van der Waals surface area contributed by atoms with Crippen molar-refractivity contribution in [2.24, 2.45) is 4.99 Å². The van der Waals surface area contributed by atoms with E-state index in [1.54, 1.807) is 0 Å². The molecule has 0 radical (unpaired) electrons. The average molecular weight is 522 g/mol. The fourth-order valence-corrected chi connectivity index (χ4v) is 3.41. The fraction of sp³-hybridized carbons (Fsp3) is 0.458. The van der Waals surface area contributed by atoms with E-state index in [9.17, 15) is 0 Å². The van der Waals surface area contributed by atoms with Gasteiger partial charge in [0.2, 0.25) is 0 Å². The van der Waals surface area contributed by atoms with E-state index in [-0.39, 0.29) is 24.0 Å². The van der Waals surface area contributed by atoms with E-state index in [1.165, 1.54) is 22.4 Å². The molecule has 2 aromatic carbocycles. The zero-order chi connectivity index (χ0) is 20.5.